The van der Waals surface area contributed by atoms with Crippen molar-refractivity contribution in [3.05, 3.63) is 45.5 Å². The number of carbonyl (C=O) groups is 2. The van der Waals surface area contributed by atoms with E-state index >= 15 is 0 Å². The lowest BCUT2D eigenvalue weighted by Crippen LogP contribution is -2.33. The Bertz CT molecular complexity index is 770. The zero-order chi connectivity index (χ0) is 16.1. The summed E-state index contributed by atoms with van der Waals surface area (Å²) in [4.78, 5) is 34.8. The van der Waals surface area contributed by atoms with Gasteiger partial charge in [0.2, 0.25) is 17.6 Å². The molecular weight excluding hydrogens is 300 g/mol. The summed E-state index contributed by atoms with van der Waals surface area (Å²) in [5, 5.41) is 13.6. The van der Waals surface area contributed by atoms with E-state index in [0.717, 1.165) is 5.57 Å². The van der Waals surface area contributed by atoms with E-state index in [1.54, 1.807) is 12.1 Å². The monoisotopic (exact) mass is 314 g/mol. The number of carbonyl (C=O) groups excluding carboxylic acids is 2. The molecule has 1 aromatic rings. The lowest BCUT2D eigenvalue weighted by Gasteiger charge is -2.29. The lowest BCUT2D eigenvalue weighted by molar-refractivity contribution is -0.385. The Morgan fingerprint density at radius 2 is 2.04 bits per heavy atom. The van der Waals surface area contributed by atoms with Gasteiger partial charge in [-0.15, -0.1) is 0 Å². The second-order valence-corrected chi connectivity index (χ2v) is 6.12. The van der Waals surface area contributed by atoms with Crippen molar-refractivity contribution in [1.82, 2.24) is 5.32 Å². The second kappa shape index (κ2) is 4.91. The summed E-state index contributed by atoms with van der Waals surface area (Å²) in [7, 11) is 0. The van der Waals surface area contributed by atoms with E-state index < -0.39 is 10.8 Å². The number of nitro benzene ring substituents is 1. The number of allylic oxidation sites excluding steroid dienone is 1. The summed E-state index contributed by atoms with van der Waals surface area (Å²) < 4.78 is 5.69. The van der Waals surface area contributed by atoms with Gasteiger partial charge in [0.1, 0.15) is 6.61 Å². The van der Waals surface area contributed by atoms with Crippen molar-refractivity contribution in [2.75, 3.05) is 6.61 Å². The van der Waals surface area contributed by atoms with Gasteiger partial charge in [0.25, 0.3) is 0 Å². The minimum Gasteiger partial charge on any atom is -0.482 e. The number of para-hydroxylation sites is 1. The molecule has 23 heavy (non-hydrogen) atoms. The fraction of sp³-hybridized carbons (Fsp3) is 0.375. The van der Waals surface area contributed by atoms with Gasteiger partial charge in [-0.05, 0) is 24.3 Å². The molecule has 2 heterocycles. The maximum atomic E-state index is 12.2. The first-order chi connectivity index (χ1) is 11.1. The summed E-state index contributed by atoms with van der Waals surface area (Å²) in [5.74, 6) is -1.09. The van der Waals surface area contributed by atoms with E-state index in [1.165, 1.54) is 6.07 Å². The smallest absolute Gasteiger partial charge is 0.311 e. The Labute approximate surface area is 131 Å². The Morgan fingerprint density at radius 3 is 2.83 bits per heavy atom. The lowest BCUT2D eigenvalue weighted by atomic mass is 9.71. The molecule has 4 rings (SSSR count). The van der Waals surface area contributed by atoms with Crippen LogP contribution in [0.4, 0.5) is 5.69 Å². The molecule has 0 unspecified atom stereocenters. The fourth-order valence-electron chi connectivity index (χ4n) is 3.88. The minimum absolute atomic E-state index is 0.0646. The maximum Gasteiger partial charge on any atom is 0.311 e. The van der Waals surface area contributed by atoms with Gasteiger partial charge in [0, 0.05) is 11.6 Å². The molecule has 1 N–H and O–H groups in total. The highest BCUT2D eigenvalue weighted by molar-refractivity contribution is 6.05. The highest BCUT2D eigenvalue weighted by atomic mass is 16.6. The van der Waals surface area contributed by atoms with E-state index in [2.05, 4.69) is 5.32 Å². The number of amides is 2. The van der Waals surface area contributed by atoms with E-state index in [1.807, 2.05) is 6.08 Å². The molecule has 0 spiro atoms. The number of nitrogens with zero attached hydrogens (tertiary/aromatic N) is 1. The molecule has 118 valence electrons. The van der Waals surface area contributed by atoms with E-state index in [4.69, 9.17) is 4.74 Å². The predicted octanol–water partition coefficient (Wildman–Crippen LogP) is 1.36. The third-order valence-electron chi connectivity index (χ3n) is 4.96. The van der Waals surface area contributed by atoms with E-state index in [0.29, 0.717) is 18.4 Å². The molecule has 0 saturated carbocycles. The Hall–Kier alpha value is -2.70. The SMILES string of the molecule is O=C1NC(=O)[C@H]2CC=C3COc4c(cccc4[N+](=O)[O-])C[C@H]3[C@@H]12. The Kier molecular flexibility index (Phi) is 2.97. The van der Waals surface area contributed by atoms with Gasteiger partial charge in [0.15, 0.2) is 0 Å². The average Bonchev–Trinajstić information content (AvgIpc) is 2.70. The molecular formula is C16H14N2O5. The van der Waals surface area contributed by atoms with Crippen LogP contribution in [0.1, 0.15) is 12.0 Å². The van der Waals surface area contributed by atoms with Crippen LogP contribution < -0.4 is 10.1 Å². The Balaban J connectivity index is 1.77. The summed E-state index contributed by atoms with van der Waals surface area (Å²) in [6, 6.07) is 4.82. The van der Waals surface area contributed by atoms with Crippen LogP contribution in [0, 0.1) is 27.9 Å². The molecule has 1 fully saturated rings. The third kappa shape index (κ3) is 2.03. The van der Waals surface area contributed by atoms with Crippen molar-refractivity contribution in [3.63, 3.8) is 0 Å². The van der Waals surface area contributed by atoms with Crippen molar-refractivity contribution in [1.29, 1.82) is 0 Å². The summed E-state index contributed by atoms with van der Waals surface area (Å²) in [6.45, 7) is 0.215. The highest BCUT2D eigenvalue weighted by Gasteiger charge is 2.49. The largest absolute Gasteiger partial charge is 0.482 e. The van der Waals surface area contributed by atoms with Gasteiger partial charge in [-0.3, -0.25) is 25.0 Å². The zero-order valence-corrected chi connectivity index (χ0v) is 12.2. The van der Waals surface area contributed by atoms with Crippen LogP contribution in [0.3, 0.4) is 0 Å². The third-order valence-corrected chi connectivity index (χ3v) is 4.96. The maximum absolute atomic E-state index is 12.2. The van der Waals surface area contributed by atoms with Gasteiger partial charge < -0.3 is 4.74 Å². The summed E-state index contributed by atoms with van der Waals surface area (Å²) in [6.07, 6.45) is 2.92. The number of benzene rings is 1. The number of hydrogen-bond donors (Lipinski definition) is 1. The average molecular weight is 314 g/mol. The van der Waals surface area contributed by atoms with E-state index in [9.17, 15) is 19.7 Å². The summed E-state index contributed by atoms with van der Waals surface area (Å²) in [5.41, 5.74) is 1.59. The number of imide groups is 1. The van der Waals surface area contributed by atoms with Crippen LogP contribution in [-0.2, 0) is 16.0 Å². The van der Waals surface area contributed by atoms with Crippen LogP contribution in [-0.4, -0.2) is 23.3 Å². The second-order valence-electron chi connectivity index (χ2n) is 6.12. The van der Waals surface area contributed by atoms with Crippen LogP contribution in [0.5, 0.6) is 5.75 Å². The summed E-state index contributed by atoms with van der Waals surface area (Å²) >= 11 is 0. The highest BCUT2D eigenvalue weighted by Crippen LogP contribution is 2.44. The molecule has 1 saturated heterocycles. The normalized spacial score (nSPS) is 28.5. The number of hydrogen-bond acceptors (Lipinski definition) is 5. The molecule has 0 aromatic heterocycles. The molecule has 7 heteroatoms. The van der Waals surface area contributed by atoms with Crippen molar-refractivity contribution in [2.24, 2.45) is 17.8 Å². The molecule has 0 bridgehead atoms. The van der Waals surface area contributed by atoms with Crippen LogP contribution in [0.25, 0.3) is 0 Å². The van der Waals surface area contributed by atoms with Crippen LogP contribution in [0.2, 0.25) is 0 Å². The topological polar surface area (TPSA) is 98.5 Å². The van der Waals surface area contributed by atoms with Gasteiger partial charge >= 0.3 is 5.69 Å². The van der Waals surface area contributed by atoms with Crippen LogP contribution >= 0.6 is 0 Å². The first-order valence-electron chi connectivity index (χ1n) is 7.49. The van der Waals surface area contributed by atoms with Crippen molar-refractivity contribution >= 4 is 17.5 Å². The molecule has 2 amide bonds. The van der Waals surface area contributed by atoms with Crippen molar-refractivity contribution in [2.45, 2.75) is 12.8 Å². The zero-order valence-electron chi connectivity index (χ0n) is 12.2. The minimum atomic E-state index is -0.462. The standard InChI is InChI=1S/C16H14N2O5/c19-15-10-5-4-9-7-23-14-8(2-1-3-12(14)18(21)22)6-11(9)13(10)16(20)17-15/h1-4,10-11,13H,5-7H2,(H,17,19,20)/t10-,11+,13-/m0/s1. The number of nitro groups is 1. The number of rotatable bonds is 1. The molecule has 3 atom stereocenters. The molecule has 2 aliphatic heterocycles. The molecule has 1 aliphatic carbocycles. The predicted molar refractivity (Wildman–Crippen MR) is 78.6 cm³/mol. The number of nitrogens with one attached hydrogen (secondary N) is 1. The quantitative estimate of drug-likeness (QED) is 0.365. The first kappa shape index (κ1) is 13.9. The van der Waals surface area contributed by atoms with Crippen molar-refractivity contribution < 1.29 is 19.2 Å². The fourth-order valence-corrected chi connectivity index (χ4v) is 3.88. The number of ether oxygens (including phenoxy) is 1. The first-order valence-corrected chi connectivity index (χ1v) is 7.49. The molecule has 0 radical (unpaired) electrons. The van der Waals surface area contributed by atoms with Crippen LogP contribution in [0.15, 0.2) is 29.8 Å². The van der Waals surface area contributed by atoms with Gasteiger partial charge in [-0.1, -0.05) is 18.2 Å². The molecule has 7 nitrogen and oxygen atoms in total. The van der Waals surface area contributed by atoms with Gasteiger partial charge in [-0.2, -0.15) is 0 Å². The molecule has 1 aromatic carbocycles. The Morgan fingerprint density at radius 1 is 1.22 bits per heavy atom. The van der Waals surface area contributed by atoms with Crippen molar-refractivity contribution in [3.8, 4) is 5.75 Å². The molecule has 3 aliphatic rings. The van der Waals surface area contributed by atoms with E-state index in [-0.39, 0.29) is 41.7 Å². The van der Waals surface area contributed by atoms with Gasteiger partial charge in [0.05, 0.1) is 16.8 Å². The number of fused-ring (bicyclic) bond motifs is 4. The van der Waals surface area contributed by atoms with Gasteiger partial charge in [-0.25, -0.2) is 0 Å².